The lowest BCUT2D eigenvalue weighted by atomic mass is 10.1. The van der Waals surface area contributed by atoms with Crippen LogP contribution in [0, 0.1) is 6.92 Å². The molecule has 0 saturated carbocycles. The molecule has 20 heavy (non-hydrogen) atoms. The molecular weight excluding hydrogens is 298 g/mol. The van der Waals surface area contributed by atoms with Crippen molar-refractivity contribution in [1.29, 1.82) is 0 Å². The van der Waals surface area contributed by atoms with Crippen LogP contribution in [0.4, 0.5) is 5.13 Å². The van der Waals surface area contributed by atoms with Gasteiger partial charge in [-0.05, 0) is 19.1 Å². The number of carbonyl (C=O) groups excluding carboxylic acids is 1. The Morgan fingerprint density at radius 3 is 2.70 bits per heavy atom. The van der Waals surface area contributed by atoms with Gasteiger partial charge in [-0.15, -0.1) is 10.2 Å². The molecule has 1 aromatic carbocycles. The molecule has 8 heteroatoms. The van der Waals surface area contributed by atoms with Crippen molar-refractivity contribution in [2.24, 2.45) is 0 Å². The van der Waals surface area contributed by atoms with E-state index in [4.69, 9.17) is 0 Å². The number of nitrogens with one attached hydrogen (secondary N) is 1. The maximum Gasteiger partial charge on any atom is 0.263 e. The molecule has 2 aromatic rings. The molecule has 0 amide bonds. The monoisotopic (exact) mass is 311 g/mol. The number of hydrogen-bond donors (Lipinski definition) is 1. The van der Waals surface area contributed by atoms with Gasteiger partial charge in [-0.3, -0.25) is 9.52 Å². The third kappa shape index (κ3) is 3.20. The van der Waals surface area contributed by atoms with Crippen molar-refractivity contribution < 1.29 is 13.2 Å². The molecule has 0 fully saturated rings. The van der Waals surface area contributed by atoms with E-state index >= 15 is 0 Å². The molecule has 0 atom stereocenters. The van der Waals surface area contributed by atoms with Crippen molar-refractivity contribution in [3.8, 4) is 0 Å². The van der Waals surface area contributed by atoms with Crippen molar-refractivity contribution in [2.45, 2.75) is 25.2 Å². The Kier molecular flexibility index (Phi) is 4.15. The minimum atomic E-state index is -3.76. The van der Waals surface area contributed by atoms with Gasteiger partial charge in [0.15, 0.2) is 5.78 Å². The van der Waals surface area contributed by atoms with Gasteiger partial charge in [-0.1, -0.05) is 30.4 Å². The Hall–Kier alpha value is -1.80. The van der Waals surface area contributed by atoms with Crippen LogP contribution in [-0.4, -0.2) is 24.4 Å². The highest BCUT2D eigenvalue weighted by Gasteiger charge is 2.17. The summed E-state index contributed by atoms with van der Waals surface area (Å²) in [4.78, 5) is 11.7. The average molecular weight is 311 g/mol. The Labute approximate surface area is 120 Å². The van der Waals surface area contributed by atoms with Crippen molar-refractivity contribution in [2.75, 3.05) is 4.72 Å². The fraction of sp³-hybridized carbons (Fsp3) is 0.250. The van der Waals surface area contributed by atoms with Gasteiger partial charge in [-0.2, -0.15) is 0 Å². The number of anilines is 1. The zero-order valence-corrected chi connectivity index (χ0v) is 12.6. The first kappa shape index (κ1) is 14.6. The number of carbonyl (C=O) groups is 1. The average Bonchev–Trinajstić information content (AvgIpc) is 2.82. The van der Waals surface area contributed by atoms with Crippen LogP contribution in [0.15, 0.2) is 29.2 Å². The summed E-state index contributed by atoms with van der Waals surface area (Å²) >= 11 is 1.14. The summed E-state index contributed by atoms with van der Waals surface area (Å²) < 4.78 is 26.7. The molecule has 1 heterocycles. The molecule has 6 nitrogen and oxygen atoms in total. The summed E-state index contributed by atoms with van der Waals surface area (Å²) in [5, 5.41) is 8.32. The predicted molar refractivity (Wildman–Crippen MR) is 76.5 cm³/mol. The predicted octanol–water partition coefficient (Wildman–Crippen LogP) is 2.24. The normalized spacial score (nSPS) is 11.3. The lowest BCUT2D eigenvalue weighted by Gasteiger charge is -2.06. The molecule has 1 aromatic heterocycles. The van der Waals surface area contributed by atoms with Crippen molar-refractivity contribution in [3.63, 3.8) is 0 Å². The van der Waals surface area contributed by atoms with Gasteiger partial charge in [0.1, 0.15) is 5.01 Å². The minimum Gasteiger partial charge on any atom is -0.294 e. The number of aromatic nitrogens is 2. The Morgan fingerprint density at radius 1 is 1.35 bits per heavy atom. The second kappa shape index (κ2) is 5.68. The second-order valence-electron chi connectivity index (χ2n) is 4.04. The molecule has 0 saturated heterocycles. The highest BCUT2D eigenvalue weighted by molar-refractivity contribution is 7.93. The zero-order valence-electron chi connectivity index (χ0n) is 11.0. The number of rotatable bonds is 5. The van der Waals surface area contributed by atoms with E-state index in [1.165, 1.54) is 12.1 Å². The smallest absolute Gasteiger partial charge is 0.263 e. The number of sulfonamides is 1. The van der Waals surface area contributed by atoms with Crippen LogP contribution in [0.2, 0.25) is 0 Å². The number of benzene rings is 1. The van der Waals surface area contributed by atoms with Crippen LogP contribution in [-0.2, 0) is 10.0 Å². The maximum atomic E-state index is 12.2. The van der Waals surface area contributed by atoms with E-state index in [1.807, 2.05) is 0 Å². The summed E-state index contributed by atoms with van der Waals surface area (Å²) in [5.41, 5.74) is 0.379. The van der Waals surface area contributed by atoms with Crippen molar-refractivity contribution in [3.05, 3.63) is 34.8 Å². The molecular formula is C12H13N3O3S2. The molecule has 0 spiro atoms. The third-order valence-electron chi connectivity index (χ3n) is 2.54. The Bertz CT molecular complexity index is 738. The van der Waals surface area contributed by atoms with Crippen LogP contribution >= 0.6 is 11.3 Å². The fourth-order valence-corrected chi connectivity index (χ4v) is 3.42. The van der Waals surface area contributed by atoms with Gasteiger partial charge in [-0.25, -0.2) is 8.42 Å². The molecule has 0 aliphatic heterocycles. The van der Waals surface area contributed by atoms with Crippen LogP contribution < -0.4 is 4.72 Å². The van der Waals surface area contributed by atoms with Crippen LogP contribution in [0.25, 0.3) is 0 Å². The summed E-state index contributed by atoms with van der Waals surface area (Å²) in [6.45, 7) is 3.46. The number of hydrogen-bond acceptors (Lipinski definition) is 6. The van der Waals surface area contributed by atoms with E-state index in [-0.39, 0.29) is 15.8 Å². The largest absolute Gasteiger partial charge is 0.294 e. The van der Waals surface area contributed by atoms with E-state index in [0.717, 1.165) is 11.3 Å². The first-order chi connectivity index (χ1) is 9.42. The van der Waals surface area contributed by atoms with Crippen LogP contribution in [0.3, 0.4) is 0 Å². The SMILES string of the molecule is CCC(=O)c1cccc(S(=O)(=O)Nc2nnc(C)s2)c1. The minimum absolute atomic E-state index is 0.0321. The quantitative estimate of drug-likeness (QED) is 0.855. The molecule has 1 N–H and O–H groups in total. The van der Waals surface area contributed by atoms with Gasteiger partial charge >= 0.3 is 0 Å². The summed E-state index contributed by atoms with van der Waals surface area (Å²) in [6.07, 6.45) is 0.326. The van der Waals surface area contributed by atoms with Gasteiger partial charge in [0.05, 0.1) is 4.90 Å². The lowest BCUT2D eigenvalue weighted by molar-refractivity contribution is 0.0988. The van der Waals surface area contributed by atoms with E-state index in [1.54, 1.807) is 26.0 Å². The van der Waals surface area contributed by atoms with Gasteiger partial charge in [0, 0.05) is 12.0 Å². The molecule has 0 radical (unpaired) electrons. The molecule has 0 aliphatic rings. The summed E-state index contributed by atoms with van der Waals surface area (Å²) in [6, 6.07) is 5.94. The zero-order chi connectivity index (χ0) is 14.8. The highest BCUT2D eigenvalue weighted by Crippen LogP contribution is 2.20. The first-order valence-electron chi connectivity index (χ1n) is 5.88. The van der Waals surface area contributed by atoms with Crippen LogP contribution in [0.5, 0.6) is 0 Å². The van der Waals surface area contributed by atoms with Gasteiger partial charge < -0.3 is 0 Å². The lowest BCUT2D eigenvalue weighted by Crippen LogP contribution is -2.13. The Balaban J connectivity index is 2.32. The standard InChI is InChI=1S/C12H13N3O3S2/c1-3-11(16)9-5-4-6-10(7-9)20(17,18)15-12-14-13-8(2)19-12/h4-7H,3H2,1-2H3,(H,14,15). The molecule has 0 aliphatic carbocycles. The van der Waals surface area contributed by atoms with Crippen molar-refractivity contribution >= 4 is 32.3 Å². The van der Waals surface area contributed by atoms with E-state index < -0.39 is 10.0 Å². The molecule has 0 unspecified atom stereocenters. The molecule has 2 rings (SSSR count). The highest BCUT2D eigenvalue weighted by atomic mass is 32.2. The van der Waals surface area contributed by atoms with E-state index in [9.17, 15) is 13.2 Å². The fourth-order valence-electron chi connectivity index (χ4n) is 1.55. The maximum absolute atomic E-state index is 12.2. The second-order valence-corrected chi connectivity index (χ2v) is 6.90. The van der Waals surface area contributed by atoms with Crippen molar-refractivity contribution in [1.82, 2.24) is 10.2 Å². The first-order valence-corrected chi connectivity index (χ1v) is 8.18. The third-order valence-corrected chi connectivity index (χ3v) is 4.76. The van der Waals surface area contributed by atoms with Gasteiger partial charge in [0.2, 0.25) is 5.13 Å². The number of nitrogens with zero attached hydrogens (tertiary/aromatic N) is 2. The number of ketones is 1. The Morgan fingerprint density at radius 2 is 2.10 bits per heavy atom. The van der Waals surface area contributed by atoms with E-state index in [0.29, 0.717) is 17.0 Å². The topological polar surface area (TPSA) is 89.0 Å². The van der Waals surface area contributed by atoms with Gasteiger partial charge in [0.25, 0.3) is 10.0 Å². The summed E-state index contributed by atoms with van der Waals surface area (Å²) in [5.74, 6) is -0.103. The van der Waals surface area contributed by atoms with E-state index in [2.05, 4.69) is 14.9 Å². The van der Waals surface area contributed by atoms with Crippen LogP contribution in [0.1, 0.15) is 28.7 Å². The molecule has 106 valence electrons. The molecule has 0 bridgehead atoms. The number of aryl methyl sites for hydroxylation is 1. The summed E-state index contributed by atoms with van der Waals surface area (Å²) in [7, 11) is -3.76. The number of Topliss-reactive ketones (excluding diaryl/α,β-unsaturated/α-hetero) is 1.